The van der Waals surface area contributed by atoms with Crippen LogP contribution in [0.3, 0.4) is 0 Å². The lowest BCUT2D eigenvalue weighted by molar-refractivity contribution is -0.164. The number of carbonyl (C=O) groups is 1. The zero-order valence-corrected chi connectivity index (χ0v) is 15.2. The normalized spacial score (nSPS) is 15.3. The van der Waals surface area contributed by atoms with Gasteiger partial charge in [0.2, 0.25) is 0 Å². The Balaban J connectivity index is 3.51. The third kappa shape index (κ3) is 4.10. The largest absolute Gasteiger partial charge is 0.464 e. The van der Waals surface area contributed by atoms with E-state index in [0.717, 1.165) is 11.1 Å². The van der Waals surface area contributed by atoms with Crippen LogP contribution in [0.5, 0.6) is 0 Å². The summed E-state index contributed by atoms with van der Waals surface area (Å²) in [5.41, 5.74) is 1.00. The summed E-state index contributed by atoms with van der Waals surface area (Å²) >= 11 is 0. The van der Waals surface area contributed by atoms with Crippen LogP contribution in [0.2, 0.25) is 0 Å². The minimum atomic E-state index is -1.64. The Bertz CT molecular complexity index is 511. The molecule has 0 aliphatic carbocycles. The van der Waals surface area contributed by atoms with Gasteiger partial charge in [0, 0.05) is 0 Å². The van der Waals surface area contributed by atoms with Crippen LogP contribution >= 0.6 is 0 Å². The van der Waals surface area contributed by atoms with Crippen LogP contribution in [0, 0.1) is 0 Å². The molecule has 0 aliphatic rings. The molecule has 124 valence electrons. The average molecular weight is 306 g/mol. The molecule has 0 aromatic heterocycles. The molecule has 0 saturated heterocycles. The van der Waals surface area contributed by atoms with E-state index >= 15 is 0 Å². The minimum absolute atomic E-state index is 0.0687. The third-order valence-electron chi connectivity index (χ3n) is 3.90. The van der Waals surface area contributed by atoms with Gasteiger partial charge in [0.1, 0.15) is 0 Å². The van der Waals surface area contributed by atoms with Gasteiger partial charge in [0.15, 0.2) is 5.60 Å². The van der Waals surface area contributed by atoms with Crippen molar-refractivity contribution < 1.29 is 14.6 Å². The lowest BCUT2D eigenvalue weighted by atomic mass is 9.77. The van der Waals surface area contributed by atoms with E-state index in [2.05, 4.69) is 47.6 Å². The Kier molecular flexibility index (Phi) is 5.13. The Morgan fingerprint density at radius 2 is 1.27 bits per heavy atom. The van der Waals surface area contributed by atoms with Crippen molar-refractivity contribution in [3.05, 3.63) is 34.9 Å². The lowest BCUT2D eigenvalue weighted by Crippen LogP contribution is -2.35. The SMILES string of the molecule is CCOC(=O)C(C)(O)c1cc(C(C)(C)C)cc(C(C)(C)C)c1. The first-order chi connectivity index (χ1) is 9.80. The van der Waals surface area contributed by atoms with Gasteiger partial charge in [0.05, 0.1) is 6.61 Å². The molecule has 1 N–H and O–H groups in total. The van der Waals surface area contributed by atoms with E-state index in [-0.39, 0.29) is 17.4 Å². The van der Waals surface area contributed by atoms with Crippen molar-refractivity contribution in [1.29, 1.82) is 0 Å². The van der Waals surface area contributed by atoms with Gasteiger partial charge in [-0.3, -0.25) is 0 Å². The monoisotopic (exact) mass is 306 g/mol. The van der Waals surface area contributed by atoms with Gasteiger partial charge in [0.25, 0.3) is 0 Å². The predicted octanol–water partition coefficient (Wildman–Crippen LogP) is 4.05. The molecule has 1 aromatic carbocycles. The molecular formula is C19H30O3. The van der Waals surface area contributed by atoms with Crippen molar-refractivity contribution in [2.75, 3.05) is 6.61 Å². The molecule has 0 aliphatic heterocycles. The molecule has 0 spiro atoms. The van der Waals surface area contributed by atoms with E-state index in [1.165, 1.54) is 6.92 Å². The van der Waals surface area contributed by atoms with Gasteiger partial charge in [-0.15, -0.1) is 0 Å². The second-order valence-electron chi connectivity index (χ2n) is 8.09. The van der Waals surface area contributed by atoms with Gasteiger partial charge in [-0.1, -0.05) is 59.7 Å². The van der Waals surface area contributed by atoms with Crippen molar-refractivity contribution in [3.8, 4) is 0 Å². The molecule has 0 fully saturated rings. The highest BCUT2D eigenvalue weighted by Gasteiger charge is 2.36. The number of benzene rings is 1. The molecule has 0 radical (unpaired) electrons. The lowest BCUT2D eigenvalue weighted by Gasteiger charge is -2.29. The molecule has 22 heavy (non-hydrogen) atoms. The summed E-state index contributed by atoms with van der Waals surface area (Å²) in [4.78, 5) is 12.1. The number of carbonyl (C=O) groups excluding carboxylic acids is 1. The van der Waals surface area contributed by atoms with E-state index < -0.39 is 11.6 Å². The number of hydrogen-bond donors (Lipinski definition) is 1. The predicted molar refractivity (Wildman–Crippen MR) is 90.0 cm³/mol. The zero-order chi connectivity index (χ0) is 17.3. The smallest absolute Gasteiger partial charge is 0.342 e. The highest BCUT2D eigenvalue weighted by molar-refractivity contribution is 5.80. The van der Waals surface area contributed by atoms with E-state index in [0.29, 0.717) is 5.56 Å². The number of ether oxygens (including phenoxy) is 1. The van der Waals surface area contributed by atoms with Crippen LogP contribution < -0.4 is 0 Å². The van der Waals surface area contributed by atoms with Gasteiger partial charge in [-0.25, -0.2) is 4.79 Å². The molecule has 3 heteroatoms. The summed E-state index contributed by atoms with van der Waals surface area (Å²) in [6, 6.07) is 5.98. The third-order valence-corrected chi connectivity index (χ3v) is 3.90. The van der Waals surface area contributed by atoms with Crippen molar-refractivity contribution in [2.45, 2.75) is 71.8 Å². The quantitative estimate of drug-likeness (QED) is 0.857. The van der Waals surface area contributed by atoms with E-state index in [4.69, 9.17) is 4.74 Å². The van der Waals surface area contributed by atoms with Crippen molar-refractivity contribution >= 4 is 5.97 Å². The summed E-state index contributed by atoms with van der Waals surface area (Å²) < 4.78 is 5.02. The molecule has 3 nitrogen and oxygen atoms in total. The zero-order valence-electron chi connectivity index (χ0n) is 15.2. The molecule has 0 amide bonds. The van der Waals surface area contributed by atoms with Crippen molar-refractivity contribution in [3.63, 3.8) is 0 Å². The van der Waals surface area contributed by atoms with Crippen molar-refractivity contribution in [1.82, 2.24) is 0 Å². The standard InChI is InChI=1S/C19H30O3/c1-9-22-16(20)19(8,21)15-11-13(17(2,3)4)10-14(12-15)18(5,6)7/h10-12,21H,9H2,1-8H3. The van der Waals surface area contributed by atoms with Gasteiger partial charge < -0.3 is 9.84 Å². The molecule has 1 rings (SSSR count). The van der Waals surface area contributed by atoms with Crippen LogP contribution in [0.4, 0.5) is 0 Å². The molecule has 1 atom stereocenters. The van der Waals surface area contributed by atoms with E-state index in [1.807, 2.05) is 12.1 Å². The Morgan fingerprint density at radius 3 is 1.59 bits per heavy atom. The Hall–Kier alpha value is -1.35. The molecule has 1 unspecified atom stereocenters. The maximum atomic E-state index is 12.1. The maximum Gasteiger partial charge on any atom is 0.342 e. The second kappa shape index (κ2) is 6.04. The first-order valence-electron chi connectivity index (χ1n) is 7.86. The topological polar surface area (TPSA) is 46.5 Å². The second-order valence-corrected chi connectivity index (χ2v) is 8.09. The first kappa shape index (κ1) is 18.7. The summed E-state index contributed by atoms with van der Waals surface area (Å²) in [6.07, 6.45) is 0. The number of esters is 1. The van der Waals surface area contributed by atoms with Crippen LogP contribution in [0.25, 0.3) is 0 Å². The summed E-state index contributed by atoms with van der Waals surface area (Å²) in [7, 11) is 0. The molecule has 0 saturated carbocycles. The molecule has 0 heterocycles. The molecule has 1 aromatic rings. The number of rotatable bonds is 3. The summed E-state index contributed by atoms with van der Waals surface area (Å²) in [5, 5.41) is 10.7. The van der Waals surface area contributed by atoms with Gasteiger partial charge in [-0.2, -0.15) is 0 Å². The Labute approximate surface area is 134 Å². The Morgan fingerprint density at radius 1 is 0.909 bits per heavy atom. The van der Waals surface area contributed by atoms with Gasteiger partial charge >= 0.3 is 5.97 Å². The first-order valence-corrected chi connectivity index (χ1v) is 7.86. The van der Waals surface area contributed by atoms with E-state index in [9.17, 15) is 9.90 Å². The summed E-state index contributed by atoms with van der Waals surface area (Å²) in [5.74, 6) is -0.610. The molecular weight excluding hydrogens is 276 g/mol. The minimum Gasteiger partial charge on any atom is -0.464 e. The molecule has 0 bridgehead atoms. The van der Waals surface area contributed by atoms with E-state index in [1.54, 1.807) is 6.92 Å². The maximum absolute atomic E-state index is 12.1. The highest BCUT2D eigenvalue weighted by atomic mass is 16.5. The van der Waals surface area contributed by atoms with Crippen molar-refractivity contribution in [2.24, 2.45) is 0 Å². The van der Waals surface area contributed by atoms with Crippen LogP contribution in [-0.4, -0.2) is 17.7 Å². The number of hydrogen-bond acceptors (Lipinski definition) is 3. The average Bonchev–Trinajstić information content (AvgIpc) is 2.36. The fourth-order valence-electron chi connectivity index (χ4n) is 2.16. The van der Waals surface area contributed by atoms with Crippen LogP contribution in [0.15, 0.2) is 18.2 Å². The fourth-order valence-corrected chi connectivity index (χ4v) is 2.16. The summed E-state index contributed by atoms with van der Waals surface area (Å²) in [6.45, 7) is 16.2. The van der Waals surface area contributed by atoms with Crippen LogP contribution in [-0.2, 0) is 26.0 Å². The highest BCUT2D eigenvalue weighted by Crippen LogP contribution is 2.34. The van der Waals surface area contributed by atoms with Crippen LogP contribution in [0.1, 0.15) is 72.1 Å². The fraction of sp³-hybridized carbons (Fsp3) is 0.632. The van der Waals surface area contributed by atoms with Gasteiger partial charge in [-0.05, 0) is 41.4 Å². The number of aliphatic hydroxyl groups is 1.